The van der Waals surface area contributed by atoms with E-state index in [2.05, 4.69) is 0 Å². The van der Waals surface area contributed by atoms with Gasteiger partial charge in [-0.05, 0) is 17.0 Å². The summed E-state index contributed by atoms with van der Waals surface area (Å²) in [5.74, 6) is -0.325. The zero-order valence-electron chi connectivity index (χ0n) is 8.26. The molecule has 16 heavy (non-hydrogen) atoms. The number of halogens is 1. The minimum atomic E-state index is -0.544. The van der Waals surface area contributed by atoms with Crippen molar-refractivity contribution < 1.29 is 9.31 Å². The molecule has 0 N–H and O–H groups in total. The van der Waals surface area contributed by atoms with Gasteiger partial charge in [-0.25, -0.2) is 4.39 Å². The molecule has 0 aliphatic carbocycles. The highest BCUT2D eigenvalue weighted by Crippen LogP contribution is 2.22. The van der Waals surface area contributed by atoms with E-state index in [1.807, 2.05) is 0 Å². The Morgan fingerprint density at radius 2 is 1.81 bits per heavy atom. The molecule has 0 atom stereocenters. The van der Waals surface area contributed by atoms with Crippen LogP contribution in [0.25, 0.3) is 16.8 Å². The maximum absolute atomic E-state index is 13.4. The molecule has 0 unspecified atom stereocenters. The molecule has 3 nitrogen and oxygen atoms in total. The van der Waals surface area contributed by atoms with Crippen molar-refractivity contribution in [3.05, 3.63) is 64.1 Å². The zero-order chi connectivity index (χ0) is 11.5. The predicted molar refractivity (Wildman–Crippen MR) is 59.9 cm³/mol. The van der Waals surface area contributed by atoms with Crippen molar-refractivity contribution in [2.24, 2.45) is 0 Å². The van der Waals surface area contributed by atoms with Gasteiger partial charge in [0.05, 0.1) is 4.92 Å². The van der Waals surface area contributed by atoms with E-state index in [4.69, 9.17) is 0 Å². The van der Waals surface area contributed by atoms with E-state index in [1.165, 1.54) is 18.2 Å². The standard InChI is InChI=1S/C12H8FNO2/c13-12-6-5-9(7-8-14(15)16)10-3-1-2-4-11(10)12/h1-8H/b8-7+. The average Bonchev–Trinajstić information content (AvgIpc) is 2.28. The molecule has 0 bridgehead atoms. The molecule has 4 heteroatoms. The van der Waals surface area contributed by atoms with Crippen LogP contribution in [0.3, 0.4) is 0 Å². The molecule has 0 fully saturated rings. The molecule has 0 aromatic heterocycles. The lowest BCUT2D eigenvalue weighted by atomic mass is 10.0. The van der Waals surface area contributed by atoms with Gasteiger partial charge in [0.2, 0.25) is 6.20 Å². The summed E-state index contributed by atoms with van der Waals surface area (Å²) in [4.78, 5) is 9.68. The fourth-order valence-electron chi connectivity index (χ4n) is 1.57. The van der Waals surface area contributed by atoms with Gasteiger partial charge in [0.1, 0.15) is 5.82 Å². The Labute approximate surface area is 91.0 Å². The minimum Gasteiger partial charge on any atom is -0.259 e. The number of hydrogen-bond donors (Lipinski definition) is 0. The van der Waals surface area contributed by atoms with Crippen LogP contribution in [0.1, 0.15) is 5.56 Å². The maximum Gasteiger partial charge on any atom is 0.235 e. The lowest BCUT2D eigenvalue weighted by Gasteiger charge is -2.02. The molecule has 0 heterocycles. The monoisotopic (exact) mass is 217 g/mol. The van der Waals surface area contributed by atoms with Gasteiger partial charge in [0.25, 0.3) is 0 Å². The van der Waals surface area contributed by atoms with Crippen LogP contribution in [-0.4, -0.2) is 4.92 Å². The highest BCUT2D eigenvalue weighted by atomic mass is 19.1. The lowest BCUT2D eigenvalue weighted by molar-refractivity contribution is -0.400. The van der Waals surface area contributed by atoms with Gasteiger partial charge in [-0.15, -0.1) is 0 Å². The first-order valence-corrected chi connectivity index (χ1v) is 4.67. The number of rotatable bonds is 2. The van der Waals surface area contributed by atoms with Crippen LogP contribution in [0, 0.1) is 15.9 Å². The quantitative estimate of drug-likeness (QED) is 0.572. The third-order valence-corrected chi connectivity index (χ3v) is 2.28. The summed E-state index contributed by atoms with van der Waals surface area (Å²) < 4.78 is 13.4. The van der Waals surface area contributed by atoms with Crippen molar-refractivity contribution in [3.63, 3.8) is 0 Å². The summed E-state index contributed by atoms with van der Waals surface area (Å²) in [7, 11) is 0. The lowest BCUT2D eigenvalue weighted by Crippen LogP contribution is -1.85. The van der Waals surface area contributed by atoms with Gasteiger partial charge in [-0.3, -0.25) is 10.1 Å². The second-order valence-corrected chi connectivity index (χ2v) is 3.28. The molecule has 0 saturated heterocycles. The van der Waals surface area contributed by atoms with Crippen LogP contribution in [0.15, 0.2) is 42.6 Å². The molecule has 0 radical (unpaired) electrons. The van der Waals surface area contributed by atoms with Crippen LogP contribution >= 0.6 is 0 Å². The van der Waals surface area contributed by atoms with Crippen LogP contribution in [-0.2, 0) is 0 Å². The first kappa shape index (κ1) is 10.3. The van der Waals surface area contributed by atoms with Gasteiger partial charge in [0, 0.05) is 11.5 Å². The fourth-order valence-corrected chi connectivity index (χ4v) is 1.57. The third-order valence-electron chi connectivity index (χ3n) is 2.28. The van der Waals surface area contributed by atoms with E-state index in [1.54, 1.807) is 24.3 Å². The Hall–Kier alpha value is -2.23. The van der Waals surface area contributed by atoms with Crippen LogP contribution < -0.4 is 0 Å². The summed E-state index contributed by atoms with van der Waals surface area (Å²) in [6.45, 7) is 0. The summed E-state index contributed by atoms with van der Waals surface area (Å²) in [5.41, 5.74) is 0.633. The second-order valence-electron chi connectivity index (χ2n) is 3.28. The van der Waals surface area contributed by atoms with Crippen molar-refractivity contribution >= 4 is 16.8 Å². The second kappa shape index (κ2) is 4.10. The minimum absolute atomic E-state index is 0.325. The SMILES string of the molecule is O=[N+]([O-])/C=C/c1ccc(F)c2ccccc12. The highest BCUT2D eigenvalue weighted by Gasteiger charge is 2.03. The predicted octanol–water partition coefficient (Wildman–Crippen LogP) is 3.23. The normalized spacial score (nSPS) is 11.1. The summed E-state index contributed by atoms with van der Waals surface area (Å²) in [6.07, 6.45) is 2.21. The Kier molecular flexibility index (Phi) is 2.64. The van der Waals surface area contributed by atoms with Gasteiger partial charge in [0.15, 0.2) is 0 Å². The molecule has 0 amide bonds. The van der Waals surface area contributed by atoms with Crippen molar-refractivity contribution in [1.29, 1.82) is 0 Å². The molecule has 2 rings (SSSR count). The van der Waals surface area contributed by atoms with Crippen molar-refractivity contribution in [1.82, 2.24) is 0 Å². The van der Waals surface area contributed by atoms with Crippen molar-refractivity contribution in [2.45, 2.75) is 0 Å². The van der Waals surface area contributed by atoms with E-state index in [9.17, 15) is 14.5 Å². The van der Waals surface area contributed by atoms with Crippen molar-refractivity contribution in [2.75, 3.05) is 0 Å². The number of nitro groups is 1. The molecule has 2 aromatic rings. The largest absolute Gasteiger partial charge is 0.259 e. The van der Waals surface area contributed by atoms with Crippen LogP contribution in [0.2, 0.25) is 0 Å². The third kappa shape index (κ3) is 1.91. The van der Waals surface area contributed by atoms with Crippen LogP contribution in [0.4, 0.5) is 4.39 Å². The fraction of sp³-hybridized carbons (Fsp3) is 0. The molecule has 0 saturated carbocycles. The van der Waals surface area contributed by atoms with E-state index in [-0.39, 0.29) is 5.82 Å². The molecule has 0 aliphatic heterocycles. The molecular formula is C12H8FNO2. The van der Waals surface area contributed by atoms with Gasteiger partial charge in [-0.2, -0.15) is 0 Å². The van der Waals surface area contributed by atoms with E-state index in [0.717, 1.165) is 6.20 Å². The first-order valence-electron chi connectivity index (χ1n) is 4.67. The first-order chi connectivity index (χ1) is 7.68. The number of nitrogens with zero attached hydrogens (tertiary/aromatic N) is 1. The Morgan fingerprint density at radius 1 is 1.12 bits per heavy atom. The van der Waals surface area contributed by atoms with E-state index < -0.39 is 4.92 Å². The summed E-state index contributed by atoms with van der Waals surface area (Å²) in [6, 6.07) is 9.71. The molecular weight excluding hydrogens is 209 g/mol. The molecule has 0 spiro atoms. The Morgan fingerprint density at radius 3 is 2.50 bits per heavy atom. The van der Waals surface area contributed by atoms with Gasteiger partial charge < -0.3 is 0 Å². The van der Waals surface area contributed by atoms with Gasteiger partial charge in [-0.1, -0.05) is 30.3 Å². The Bertz CT molecular complexity index is 578. The maximum atomic E-state index is 13.4. The Balaban J connectivity index is 2.63. The topological polar surface area (TPSA) is 43.1 Å². The van der Waals surface area contributed by atoms with Crippen molar-refractivity contribution in [3.8, 4) is 0 Å². The van der Waals surface area contributed by atoms with Crippen LogP contribution in [0.5, 0.6) is 0 Å². The number of benzene rings is 2. The molecule has 80 valence electrons. The van der Waals surface area contributed by atoms with E-state index >= 15 is 0 Å². The molecule has 0 aliphatic rings. The highest BCUT2D eigenvalue weighted by molar-refractivity contribution is 5.90. The smallest absolute Gasteiger partial charge is 0.235 e. The number of fused-ring (bicyclic) bond motifs is 1. The number of hydrogen-bond acceptors (Lipinski definition) is 2. The van der Waals surface area contributed by atoms with Gasteiger partial charge >= 0.3 is 0 Å². The summed E-state index contributed by atoms with van der Waals surface area (Å²) >= 11 is 0. The zero-order valence-corrected chi connectivity index (χ0v) is 8.26. The molecule has 2 aromatic carbocycles. The summed E-state index contributed by atoms with van der Waals surface area (Å²) in [5, 5.41) is 11.4. The average molecular weight is 217 g/mol. The van der Waals surface area contributed by atoms with E-state index in [0.29, 0.717) is 16.3 Å².